The summed E-state index contributed by atoms with van der Waals surface area (Å²) < 4.78 is 0. The molecule has 1 aromatic rings. The molecule has 0 saturated carbocycles. The van der Waals surface area contributed by atoms with Gasteiger partial charge < -0.3 is 0 Å². The smallest absolute Gasteiger partial charge is 0.0233 e. The van der Waals surface area contributed by atoms with Crippen molar-refractivity contribution in [2.75, 3.05) is 18.4 Å². The van der Waals surface area contributed by atoms with Crippen LogP contribution in [0.25, 0.3) is 0 Å². The van der Waals surface area contributed by atoms with Crippen LogP contribution in [0, 0.1) is 0 Å². The first-order valence-electron chi connectivity index (χ1n) is 6.72. The molecule has 1 aliphatic carbocycles. The second-order valence-corrected chi connectivity index (χ2v) is 5.66. The van der Waals surface area contributed by atoms with Crippen molar-refractivity contribution in [1.29, 1.82) is 0 Å². The molecule has 17 heavy (non-hydrogen) atoms. The molecule has 0 spiro atoms. The van der Waals surface area contributed by atoms with E-state index in [9.17, 15) is 0 Å². The van der Waals surface area contributed by atoms with Crippen LogP contribution in [0.15, 0.2) is 18.2 Å². The Morgan fingerprint density at radius 1 is 1.24 bits per heavy atom. The van der Waals surface area contributed by atoms with Gasteiger partial charge in [0.15, 0.2) is 0 Å². The summed E-state index contributed by atoms with van der Waals surface area (Å²) in [6.07, 6.45) is 5.16. The molecule has 0 aliphatic heterocycles. The number of halogens is 1. The van der Waals surface area contributed by atoms with E-state index in [-0.39, 0.29) is 0 Å². The van der Waals surface area contributed by atoms with Gasteiger partial charge in [-0.1, -0.05) is 41.1 Å². The topological polar surface area (TPSA) is 3.24 Å². The Labute approximate surface area is 113 Å². The van der Waals surface area contributed by atoms with Crippen molar-refractivity contribution >= 4 is 15.9 Å². The molecule has 0 fully saturated rings. The zero-order chi connectivity index (χ0) is 12.1. The first kappa shape index (κ1) is 13.1. The lowest BCUT2D eigenvalue weighted by atomic mass is 10.1. The fraction of sp³-hybridized carbons (Fsp3) is 0.600. The number of rotatable bonds is 6. The second kappa shape index (κ2) is 6.55. The predicted molar refractivity (Wildman–Crippen MR) is 77.8 cm³/mol. The Hall–Kier alpha value is -0.340. The molecule has 0 unspecified atom stereocenters. The predicted octanol–water partition coefficient (Wildman–Crippen LogP) is 3.78. The van der Waals surface area contributed by atoms with Gasteiger partial charge in [-0.15, -0.1) is 0 Å². The van der Waals surface area contributed by atoms with Crippen molar-refractivity contribution in [2.45, 2.75) is 39.2 Å². The zero-order valence-corrected chi connectivity index (χ0v) is 12.3. The maximum Gasteiger partial charge on any atom is 0.0233 e. The van der Waals surface area contributed by atoms with Crippen LogP contribution in [0.3, 0.4) is 0 Å². The monoisotopic (exact) mass is 295 g/mol. The highest BCUT2D eigenvalue weighted by molar-refractivity contribution is 9.09. The van der Waals surface area contributed by atoms with E-state index in [2.05, 4.69) is 46.0 Å². The van der Waals surface area contributed by atoms with E-state index in [1.165, 1.54) is 37.8 Å². The molecule has 1 nitrogen and oxygen atoms in total. The third kappa shape index (κ3) is 3.56. The van der Waals surface area contributed by atoms with Gasteiger partial charge in [-0.3, -0.25) is 4.90 Å². The molecule has 0 bridgehead atoms. The molecule has 0 saturated heterocycles. The molecule has 0 amide bonds. The lowest BCUT2D eigenvalue weighted by Gasteiger charge is -2.20. The van der Waals surface area contributed by atoms with E-state index in [0.29, 0.717) is 0 Å². The summed E-state index contributed by atoms with van der Waals surface area (Å²) in [5.41, 5.74) is 4.67. The van der Waals surface area contributed by atoms with Gasteiger partial charge in [0.1, 0.15) is 0 Å². The highest BCUT2D eigenvalue weighted by Crippen LogP contribution is 2.23. The number of alkyl halides is 1. The largest absolute Gasteiger partial charge is 0.299 e. The number of hydrogen-bond acceptors (Lipinski definition) is 1. The van der Waals surface area contributed by atoms with Crippen molar-refractivity contribution in [1.82, 2.24) is 4.90 Å². The number of benzene rings is 1. The van der Waals surface area contributed by atoms with Crippen molar-refractivity contribution < 1.29 is 0 Å². The average Bonchev–Trinajstić information content (AvgIpc) is 2.81. The lowest BCUT2D eigenvalue weighted by molar-refractivity contribution is 0.281. The summed E-state index contributed by atoms with van der Waals surface area (Å²) in [4.78, 5) is 2.53. The van der Waals surface area contributed by atoms with Crippen LogP contribution in [0.2, 0.25) is 0 Å². The fourth-order valence-electron chi connectivity index (χ4n) is 2.61. The van der Waals surface area contributed by atoms with Gasteiger partial charge in [-0.25, -0.2) is 0 Å². The molecule has 0 N–H and O–H groups in total. The van der Waals surface area contributed by atoms with Gasteiger partial charge in [-0.05, 0) is 55.5 Å². The van der Waals surface area contributed by atoms with Crippen LogP contribution in [0.1, 0.15) is 36.5 Å². The van der Waals surface area contributed by atoms with E-state index in [0.717, 1.165) is 18.4 Å². The van der Waals surface area contributed by atoms with Crippen LogP contribution in [0.5, 0.6) is 0 Å². The Morgan fingerprint density at radius 3 is 2.82 bits per heavy atom. The minimum Gasteiger partial charge on any atom is -0.299 e. The van der Waals surface area contributed by atoms with E-state index >= 15 is 0 Å². The van der Waals surface area contributed by atoms with Crippen LogP contribution in [-0.4, -0.2) is 23.3 Å². The molecule has 0 atom stereocenters. The Bertz CT molecular complexity index is 362. The van der Waals surface area contributed by atoms with Crippen LogP contribution >= 0.6 is 15.9 Å². The van der Waals surface area contributed by atoms with Crippen LogP contribution < -0.4 is 0 Å². The number of nitrogens with zero attached hydrogens (tertiary/aromatic N) is 1. The Balaban J connectivity index is 1.97. The van der Waals surface area contributed by atoms with Gasteiger partial charge in [0.25, 0.3) is 0 Å². The van der Waals surface area contributed by atoms with Crippen molar-refractivity contribution in [3.05, 3.63) is 34.9 Å². The highest BCUT2D eigenvalue weighted by atomic mass is 79.9. The van der Waals surface area contributed by atoms with Gasteiger partial charge in [-0.2, -0.15) is 0 Å². The molecule has 94 valence electrons. The molecule has 0 radical (unpaired) electrons. The van der Waals surface area contributed by atoms with Crippen molar-refractivity contribution in [2.24, 2.45) is 0 Å². The highest BCUT2D eigenvalue weighted by Gasteiger charge is 2.11. The van der Waals surface area contributed by atoms with Gasteiger partial charge in [0.2, 0.25) is 0 Å². The van der Waals surface area contributed by atoms with Gasteiger partial charge >= 0.3 is 0 Å². The Kier molecular flexibility index (Phi) is 5.05. The normalized spacial score (nSPS) is 14.3. The maximum absolute atomic E-state index is 3.51. The average molecular weight is 296 g/mol. The minimum absolute atomic E-state index is 1.10. The number of aryl methyl sites for hydroxylation is 2. The van der Waals surface area contributed by atoms with Crippen LogP contribution in [-0.2, 0) is 19.4 Å². The molecule has 1 aromatic carbocycles. The molecule has 0 heterocycles. The quantitative estimate of drug-likeness (QED) is 0.722. The van der Waals surface area contributed by atoms with E-state index < -0.39 is 0 Å². The van der Waals surface area contributed by atoms with E-state index in [4.69, 9.17) is 0 Å². The third-order valence-corrected chi connectivity index (χ3v) is 4.19. The molecular formula is C15H22BrN. The first-order chi connectivity index (χ1) is 8.33. The SMILES string of the molecule is CCN(CCCBr)Cc1ccc2c(c1)CCC2. The summed E-state index contributed by atoms with van der Waals surface area (Å²) in [6.45, 7) is 5.70. The third-order valence-electron chi connectivity index (χ3n) is 3.62. The summed E-state index contributed by atoms with van der Waals surface area (Å²) in [6, 6.07) is 7.09. The van der Waals surface area contributed by atoms with Gasteiger partial charge in [0, 0.05) is 11.9 Å². The van der Waals surface area contributed by atoms with Gasteiger partial charge in [0.05, 0.1) is 0 Å². The molecule has 0 aromatic heterocycles. The molecule has 2 rings (SSSR count). The molecular weight excluding hydrogens is 274 g/mol. The number of hydrogen-bond donors (Lipinski definition) is 0. The van der Waals surface area contributed by atoms with Crippen molar-refractivity contribution in [3.63, 3.8) is 0 Å². The first-order valence-corrected chi connectivity index (χ1v) is 7.84. The summed E-state index contributed by atoms with van der Waals surface area (Å²) >= 11 is 3.51. The molecule has 2 heteroatoms. The van der Waals surface area contributed by atoms with Crippen molar-refractivity contribution in [3.8, 4) is 0 Å². The maximum atomic E-state index is 3.51. The fourth-order valence-corrected chi connectivity index (χ4v) is 2.86. The minimum atomic E-state index is 1.10. The zero-order valence-electron chi connectivity index (χ0n) is 10.7. The standard InChI is InChI=1S/C15H22BrN/c1-2-17(10-4-9-16)12-13-7-8-14-5-3-6-15(14)11-13/h7-8,11H,2-6,9-10,12H2,1H3. The summed E-state index contributed by atoms with van der Waals surface area (Å²) in [5.74, 6) is 0. The molecule has 1 aliphatic rings. The van der Waals surface area contributed by atoms with E-state index in [1.54, 1.807) is 11.1 Å². The lowest BCUT2D eigenvalue weighted by Crippen LogP contribution is -2.24. The van der Waals surface area contributed by atoms with E-state index in [1.807, 2.05) is 0 Å². The summed E-state index contributed by atoms with van der Waals surface area (Å²) in [7, 11) is 0. The summed E-state index contributed by atoms with van der Waals surface area (Å²) in [5, 5.41) is 1.10. The second-order valence-electron chi connectivity index (χ2n) is 4.87. The Morgan fingerprint density at radius 2 is 2.06 bits per heavy atom. The van der Waals surface area contributed by atoms with Crippen LogP contribution in [0.4, 0.5) is 0 Å². The number of fused-ring (bicyclic) bond motifs is 1.